The molecular weight excluding hydrogens is 134 g/mol. The van der Waals surface area contributed by atoms with E-state index in [1.54, 1.807) is 0 Å². The predicted octanol–water partition coefficient (Wildman–Crippen LogP) is 2.42. The molecular formula is C10H21N. The monoisotopic (exact) mass is 155 g/mol. The van der Waals surface area contributed by atoms with Crippen molar-refractivity contribution in [1.29, 1.82) is 0 Å². The molecule has 1 fully saturated rings. The van der Waals surface area contributed by atoms with Gasteiger partial charge >= 0.3 is 0 Å². The fraction of sp³-hybridized carbons (Fsp3) is 1.00. The molecule has 1 N–H and O–H groups in total. The maximum absolute atomic E-state index is 3.39. The molecule has 0 aliphatic heterocycles. The van der Waals surface area contributed by atoms with Gasteiger partial charge in [0.15, 0.2) is 0 Å². The zero-order valence-electron chi connectivity index (χ0n) is 8.28. The van der Waals surface area contributed by atoms with Crippen molar-refractivity contribution in [2.45, 2.75) is 46.1 Å². The van der Waals surface area contributed by atoms with Gasteiger partial charge < -0.3 is 5.32 Å². The number of hydrogen-bond acceptors (Lipinski definition) is 1. The molecule has 1 aliphatic carbocycles. The highest BCUT2D eigenvalue weighted by atomic mass is 14.9. The standard InChI is InChI=1S/C10H21N/c1-8-5-9(11-4)7-10(2,3)6-8/h8-9,11H,5-7H2,1-4H3. The smallest absolute Gasteiger partial charge is 0.00716 e. The third-order valence-electron chi connectivity index (χ3n) is 2.80. The zero-order chi connectivity index (χ0) is 8.48. The summed E-state index contributed by atoms with van der Waals surface area (Å²) in [6.45, 7) is 7.13. The summed E-state index contributed by atoms with van der Waals surface area (Å²) in [5, 5.41) is 3.39. The Bertz CT molecular complexity index is 129. The van der Waals surface area contributed by atoms with Crippen molar-refractivity contribution in [3.63, 3.8) is 0 Å². The molecule has 0 heterocycles. The molecule has 0 aromatic carbocycles. The first-order chi connectivity index (χ1) is 5.03. The summed E-state index contributed by atoms with van der Waals surface area (Å²) in [6.07, 6.45) is 4.10. The Morgan fingerprint density at radius 2 is 1.91 bits per heavy atom. The first kappa shape index (κ1) is 9.05. The van der Waals surface area contributed by atoms with Crippen molar-refractivity contribution in [1.82, 2.24) is 5.32 Å². The summed E-state index contributed by atoms with van der Waals surface area (Å²) in [5.74, 6) is 0.899. The summed E-state index contributed by atoms with van der Waals surface area (Å²) >= 11 is 0. The van der Waals surface area contributed by atoms with E-state index in [1.807, 2.05) is 0 Å². The molecule has 1 saturated carbocycles. The molecule has 11 heavy (non-hydrogen) atoms. The normalized spacial score (nSPS) is 37.1. The lowest BCUT2D eigenvalue weighted by Gasteiger charge is -2.38. The Hall–Kier alpha value is -0.0400. The van der Waals surface area contributed by atoms with Crippen LogP contribution in [0.15, 0.2) is 0 Å². The van der Waals surface area contributed by atoms with Crippen molar-refractivity contribution < 1.29 is 0 Å². The van der Waals surface area contributed by atoms with E-state index in [4.69, 9.17) is 0 Å². The summed E-state index contributed by atoms with van der Waals surface area (Å²) in [4.78, 5) is 0. The van der Waals surface area contributed by atoms with Crippen LogP contribution < -0.4 is 5.32 Å². The Morgan fingerprint density at radius 1 is 1.27 bits per heavy atom. The third-order valence-corrected chi connectivity index (χ3v) is 2.80. The molecule has 0 spiro atoms. The van der Waals surface area contributed by atoms with Crippen molar-refractivity contribution >= 4 is 0 Å². The molecule has 1 aliphatic rings. The van der Waals surface area contributed by atoms with Gasteiger partial charge in [0.05, 0.1) is 0 Å². The Kier molecular flexibility index (Phi) is 2.58. The Balaban J connectivity index is 2.51. The highest BCUT2D eigenvalue weighted by Gasteiger charge is 2.30. The minimum atomic E-state index is 0.561. The average molecular weight is 155 g/mol. The summed E-state index contributed by atoms with van der Waals surface area (Å²) < 4.78 is 0. The van der Waals surface area contributed by atoms with E-state index in [9.17, 15) is 0 Å². The van der Waals surface area contributed by atoms with E-state index in [2.05, 4.69) is 33.1 Å². The van der Waals surface area contributed by atoms with E-state index in [1.165, 1.54) is 19.3 Å². The van der Waals surface area contributed by atoms with E-state index in [-0.39, 0.29) is 0 Å². The maximum Gasteiger partial charge on any atom is 0.00716 e. The molecule has 0 amide bonds. The molecule has 0 aromatic heterocycles. The maximum atomic E-state index is 3.39. The van der Waals surface area contributed by atoms with Crippen LogP contribution in [0, 0.1) is 11.3 Å². The molecule has 0 radical (unpaired) electrons. The number of rotatable bonds is 1. The fourth-order valence-corrected chi connectivity index (χ4v) is 2.57. The van der Waals surface area contributed by atoms with E-state index in [0.29, 0.717) is 5.41 Å². The lowest BCUT2D eigenvalue weighted by Crippen LogP contribution is -2.38. The summed E-state index contributed by atoms with van der Waals surface area (Å²) in [5.41, 5.74) is 0.561. The van der Waals surface area contributed by atoms with Crippen LogP contribution >= 0.6 is 0 Å². The van der Waals surface area contributed by atoms with Gasteiger partial charge in [-0.3, -0.25) is 0 Å². The molecule has 2 unspecified atom stereocenters. The van der Waals surface area contributed by atoms with Crippen LogP contribution in [0.1, 0.15) is 40.0 Å². The van der Waals surface area contributed by atoms with Crippen LogP contribution in [-0.2, 0) is 0 Å². The van der Waals surface area contributed by atoms with Gasteiger partial charge in [-0.05, 0) is 37.6 Å². The second-order valence-electron chi connectivity index (χ2n) is 4.90. The van der Waals surface area contributed by atoms with Gasteiger partial charge in [0, 0.05) is 6.04 Å². The lowest BCUT2D eigenvalue weighted by molar-refractivity contribution is 0.156. The highest BCUT2D eigenvalue weighted by molar-refractivity contribution is 4.85. The number of nitrogens with one attached hydrogen (secondary N) is 1. The van der Waals surface area contributed by atoms with E-state index in [0.717, 1.165) is 12.0 Å². The highest BCUT2D eigenvalue weighted by Crippen LogP contribution is 2.38. The second kappa shape index (κ2) is 3.14. The fourth-order valence-electron chi connectivity index (χ4n) is 2.57. The quantitative estimate of drug-likeness (QED) is 0.613. The van der Waals surface area contributed by atoms with Gasteiger partial charge in [0.25, 0.3) is 0 Å². The Morgan fingerprint density at radius 3 is 2.36 bits per heavy atom. The number of hydrogen-bond donors (Lipinski definition) is 1. The molecule has 66 valence electrons. The van der Waals surface area contributed by atoms with Crippen LogP contribution in [0.5, 0.6) is 0 Å². The topological polar surface area (TPSA) is 12.0 Å². The predicted molar refractivity (Wildman–Crippen MR) is 49.6 cm³/mol. The minimum absolute atomic E-state index is 0.561. The molecule has 0 bridgehead atoms. The van der Waals surface area contributed by atoms with Crippen LogP contribution in [0.25, 0.3) is 0 Å². The van der Waals surface area contributed by atoms with Crippen molar-refractivity contribution in [2.75, 3.05) is 7.05 Å². The van der Waals surface area contributed by atoms with Crippen LogP contribution in [0.2, 0.25) is 0 Å². The van der Waals surface area contributed by atoms with Gasteiger partial charge in [0.2, 0.25) is 0 Å². The van der Waals surface area contributed by atoms with Gasteiger partial charge in [-0.15, -0.1) is 0 Å². The van der Waals surface area contributed by atoms with Crippen LogP contribution in [0.3, 0.4) is 0 Å². The van der Waals surface area contributed by atoms with Gasteiger partial charge in [-0.25, -0.2) is 0 Å². The average Bonchev–Trinajstić information content (AvgIpc) is 1.83. The molecule has 0 aromatic rings. The summed E-state index contributed by atoms with van der Waals surface area (Å²) in [6, 6.07) is 0.758. The molecule has 2 atom stereocenters. The van der Waals surface area contributed by atoms with Gasteiger partial charge in [0.1, 0.15) is 0 Å². The lowest BCUT2D eigenvalue weighted by atomic mass is 9.71. The van der Waals surface area contributed by atoms with Gasteiger partial charge in [-0.2, -0.15) is 0 Å². The molecule has 1 heteroatoms. The van der Waals surface area contributed by atoms with Crippen LogP contribution in [-0.4, -0.2) is 13.1 Å². The van der Waals surface area contributed by atoms with Crippen molar-refractivity contribution in [3.8, 4) is 0 Å². The van der Waals surface area contributed by atoms with Crippen molar-refractivity contribution in [2.24, 2.45) is 11.3 Å². The molecule has 1 rings (SSSR count). The second-order valence-corrected chi connectivity index (χ2v) is 4.90. The van der Waals surface area contributed by atoms with Crippen LogP contribution in [0.4, 0.5) is 0 Å². The SMILES string of the molecule is CNC1CC(C)CC(C)(C)C1. The Labute approximate surface area is 70.6 Å². The van der Waals surface area contributed by atoms with E-state index >= 15 is 0 Å². The zero-order valence-corrected chi connectivity index (χ0v) is 8.28. The van der Waals surface area contributed by atoms with Gasteiger partial charge in [-0.1, -0.05) is 20.8 Å². The molecule has 1 nitrogen and oxygen atoms in total. The van der Waals surface area contributed by atoms with Crippen molar-refractivity contribution in [3.05, 3.63) is 0 Å². The largest absolute Gasteiger partial charge is 0.317 e. The first-order valence-corrected chi connectivity index (χ1v) is 4.71. The summed E-state index contributed by atoms with van der Waals surface area (Å²) in [7, 11) is 2.08. The third kappa shape index (κ3) is 2.48. The first-order valence-electron chi connectivity index (χ1n) is 4.71. The minimum Gasteiger partial charge on any atom is -0.317 e. The molecule has 0 saturated heterocycles. The van der Waals surface area contributed by atoms with E-state index < -0.39 is 0 Å².